The van der Waals surface area contributed by atoms with Crippen molar-refractivity contribution in [2.75, 3.05) is 13.2 Å². The van der Waals surface area contributed by atoms with E-state index in [4.69, 9.17) is 4.74 Å². The van der Waals surface area contributed by atoms with Crippen LogP contribution in [-0.2, 0) is 16.9 Å². The van der Waals surface area contributed by atoms with Crippen LogP contribution in [0.25, 0.3) is 0 Å². The molecule has 2 aromatic carbocycles. The van der Waals surface area contributed by atoms with Gasteiger partial charge in [-0.15, -0.1) is 0 Å². The summed E-state index contributed by atoms with van der Waals surface area (Å²) in [7, 11) is 0. The summed E-state index contributed by atoms with van der Waals surface area (Å²) >= 11 is 4.00. The highest BCUT2D eigenvalue weighted by atomic mass is 32.1. The van der Waals surface area contributed by atoms with Crippen LogP contribution in [0.1, 0.15) is 28.4 Å². The minimum Gasteiger partial charge on any atom is -0.494 e. The summed E-state index contributed by atoms with van der Waals surface area (Å²) in [6, 6.07) is 13.7. The van der Waals surface area contributed by atoms with Crippen LogP contribution >= 0.6 is 12.8 Å². The van der Waals surface area contributed by atoms with Crippen LogP contribution in [0, 0.1) is 0 Å². The van der Waals surface area contributed by atoms with Gasteiger partial charge in [-0.25, -0.2) is 9.10 Å². The Bertz CT molecular complexity index is 965. The number of carbonyl (C=O) groups excluding carboxylic acids is 3. The van der Waals surface area contributed by atoms with Crippen molar-refractivity contribution >= 4 is 30.7 Å². The second-order valence-corrected chi connectivity index (χ2v) is 7.13. The van der Waals surface area contributed by atoms with Crippen molar-refractivity contribution in [1.82, 2.24) is 14.5 Å². The van der Waals surface area contributed by atoms with Crippen LogP contribution in [-0.4, -0.2) is 40.2 Å². The van der Waals surface area contributed by atoms with Crippen molar-refractivity contribution in [1.29, 1.82) is 0 Å². The Morgan fingerprint density at radius 3 is 2.54 bits per heavy atom. The lowest BCUT2D eigenvalue weighted by Gasteiger charge is -2.31. The van der Waals surface area contributed by atoms with E-state index in [0.29, 0.717) is 30.0 Å². The number of hydrogen-bond acceptors (Lipinski definition) is 5. The maximum absolute atomic E-state index is 13.0. The number of amides is 4. The fourth-order valence-corrected chi connectivity index (χ4v) is 3.91. The van der Waals surface area contributed by atoms with Crippen LogP contribution in [0.2, 0.25) is 0 Å². The highest BCUT2D eigenvalue weighted by Crippen LogP contribution is 2.34. The molecule has 0 aliphatic carbocycles. The van der Waals surface area contributed by atoms with E-state index in [1.807, 2.05) is 25.1 Å². The van der Waals surface area contributed by atoms with Gasteiger partial charge < -0.3 is 15.0 Å². The van der Waals surface area contributed by atoms with Gasteiger partial charge in [-0.05, 0) is 30.2 Å². The second kappa shape index (κ2) is 6.87. The maximum atomic E-state index is 13.0. The lowest BCUT2D eigenvalue weighted by atomic mass is 9.89. The molecule has 2 aliphatic heterocycles. The average Bonchev–Trinajstić information content (AvgIpc) is 3.12. The molecule has 2 aliphatic rings. The SMILES string of the molecule is CCOc1ccc2c(c1)C(=O)N(C[C@@]1(c3ccccc3)NC(=O)N(S)C1=O)C2. The van der Waals surface area contributed by atoms with E-state index in [2.05, 4.69) is 18.1 Å². The van der Waals surface area contributed by atoms with Gasteiger partial charge in [0, 0.05) is 12.1 Å². The van der Waals surface area contributed by atoms with Gasteiger partial charge >= 0.3 is 6.03 Å². The largest absolute Gasteiger partial charge is 0.494 e. The van der Waals surface area contributed by atoms with Crippen molar-refractivity contribution in [3.05, 3.63) is 65.2 Å². The molecular weight excluding hydrogens is 378 g/mol. The Labute approximate surface area is 167 Å². The van der Waals surface area contributed by atoms with E-state index in [9.17, 15) is 14.4 Å². The van der Waals surface area contributed by atoms with Crippen LogP contribution in [0.3, 0.4) is 0 Å². The third-order valence-corrected chi connectivity index (χ3v) is 5.40. The van der Waals surface area contributed by atoms with E-state index in [0.717, 1.165) is 9.87 Å². The topological polar surface area (TPSA) is 79.0 Å². The first-order valence-electron chi connectivity index (χ1n) is 8.92. The third-order valence-electron chi connectivity index (χ3n) is 5.04. The summed E-state index contributed by atoms with van der Waals surface area (Å²) in [4.78, 5) is 39.7. The number of fused-ring (bicyclic) bond motifs is 1. The van der Waals surface area contributed by atoms with Crippen LogP contribution in [0.15, 0.2) is 48.5 Å². The van der Waals surface area contributed by atoms with Crippen molar-refractivity contribution in [2.24, 2.45) is 0 Å². The first-order chi connectivity index (χ1) is 13.5. The first-order valence-corrected chi connectivity index (χ1v) is 9.32. The molecule has 1 N–H and O–H groups in total. The number of carbonyl (C=O) groups is 3. The normalized spacial score (nSPS) is 21.1. The molecule has 0 bridgehead atoms. The molecule has 7 nitrogen and oxygen atoms in total. The summed E-state index contributed by atoms with van der Waals surface area (Å²) in [6.45, 7) is 2.75. The highest BCUT2D eigenvalue weighted by Gasteiger charge is 2.53. The van der Waals surface area contributed by atoms with Gasteiger partial charge in [0.25, 0.3) is 11.8 Å². The van der Waals surface area contributed by atoms with Crippen molar-refractivity contribution in [3.8, 4) is 5.75 Å². The smallest absolute Gasteiger partial charge is 0.335 e. The Balaban J connectivity index is 1.68. The number of ether oxygens (including phenoxy) is 1. The molecular formula is C20H19N3O4S. The van der Waals surface area contributed by atoms with E-state index in [1.165, 1.54) is 0 Å². The standard InChI is InChI=1S/C20H19N3O4S/c1-2-27-15-9-8-13-11-22(17(24)16(13)10-15)12-20(14-6-4-3-5-7-14)18(25)23(28)19(26)21-20/h3-10,28H,2,11-12H2,1H3,(H,21,26)/t20-/m0/s1. The molecule has 0 unspecified atom stereocenters. The molecule has 1 atom stereocenters. The molecule has 2 aromatic rings. The van der Waals surface area contributed by atoms with Gasteiger partial charge in [0.05, 0.1) is 13.2 Å². The fourth-order valence-electron chi connectivity index (χ4n) is 3.69. The van der Waals surface area contributed by atoms with Gasteiger partial charge in [0.2, 0.25) is 0 Å². The monoisotopic (exact) mass is 397 g/mol. The molecule has 1 saturated heterocycles. The maximum Gasteiger partial charge on any atom is 0.335 e. The molecule has 144 valence electrons. The van der Waals surface area contributed by atoms with Crippen LogP contribution < -0.4 is 10.1 Å². The zero-order valence-corrected chi connectivity index (χ0v) is 16.1. The molecule has 4 rings (SSSR count). The van der Waals surface area contributed by atoms with Gasteiger partial charge in [-0.3, -0.25) is 9.59 Å². The van der Waals surface area contributed by atoms with E-state index < -0.39 is 17.5 Å². The lowest BCUT2D eigenvalue weighted by Crippen LogP contribution is -2.52. The van der Waals surface area contributed by atoms with E-state index in [-0.39, 0.29) is 12.5 Å². The molecule has 0 radical (unpaired) electrons. The predicted molar refractivity (Wildman–Crippen MR) is 105 cm³/mol. The van der Waals surface area contributed by atoms with Crippen LogP contribution in [0.4, 0.5) is 4.79 Å². The zero-order chi connectivity index (χ0) is 19.9. The summed E-state index contributed by atoms with van der Waals surface area (Å²) in [6.07, 6.45) is 0. The van der Waals surface area contributed by atoms with E-state index >= 15 is 0 Å². The molecule has 0 aromatic heterocycles. The van der Waals surface area contributed by atoms with Crippen molar-refractivity contribution in [3.63, 3.8) is 0 Å². The van der Waals surface area contributed by atoms with Crippen molar-refractivity contribution < 1.29 is 19.1 Å². The number of thiol groups is 1. The van der Waals surface area contributed by atoms with Crippen molar-refractivity contribution in [2.45, 2.75) is 19.0 Å². The number of nitrogens with one attached hydrogen (secondary N) is 1. The quantitative estimate of drug-likeness (QED) is 0.600. The number of imide groups is 1. The van der Waals surface area contributed by atoms with Gasteiger partial charge in [-0.1, -0.05) is 49.2 Å². The predicted octanol–water partition coefficient (Wildman–Crippen LogP) is 2.33. The van der Waals surface area contributed by atoms with Gasteiger partial charge in [0.15, 0.2) is 5.54 Å². The molecule has 8 heteroatoms. The summed E-state index contributed by atoms with van der Waals surface area (Å²) < 4.78 is 6.24. The summed E-state index contributed by atoms with van der Waals surface area (Å²) in [5, 5.41) is 2.73. The van der Waals surface area contributed by atoms with E-state index in [1.54, 1.807) is 35.2 Å². The Morgan fingerprint density at radius 1 is 1.14 bits per heavy atom. The number of hydrogen-bond donors (Lipinski definition) is 2. The lowest BCUT2D eigenvalue weighted by molar-refractivity contribution is -0.128. The number of urea groups is 1. The highest BCUT2D eigenvalue weighted by molar-refractivity contribution is 7.79. The third kappa shape index (κ3) is 2.80. The first kappa shape index (κ1) is 18.4. The average molecular weight is 397 g/mol. The molecule has 28 heavy (non-hydrogen) atoms. The van der Waals surface area contributed by atoms with Gasteiger partial charge in [0.1, 0.15) is 5.75 Å². The Hall–Kier alpha value is -3.00. The molecule has 1 fully saturated rings. The zero-order valence-electron chi connectivity index (χ0n) is 15.2. The van der Waals surface area contributed by atoms with Crippen LogP contribution in [0.5, 0.6) is 5.75 Å². The summed E-state index contributed by atoms with van der Waals surface area (Å²) in [5.74, 6) is -0.0849. The number of nitrogens with zero attached hydrogens (tertiary/aromatic N) is 2. The Kier molecular flexibility index (Phi) is 4.50. The molecule has 4 amide bonds. The van der Waals surface area contributed by atoms with Gasteiger partial charge in [-0.2, -0.15) is 0 Å². The Morgan fingerprint density at radius 2 is 1.89 bits per heavy atom. The molecule has 0 saturated carbocycles. The number of benzene rings is 2. The minimum absolute atomic E-state index is 0.0100. The number of rotatable bonds is 5. The minimum atomic E-state index is -1.37. The fraction of sp³-hybridized carbons (Fsp3) is 0.250. The summed E-state index contributed by atoms with van der Waals surface area (Å²) in [5.41, 5.74) is 0.633. The molecule has 0 spiro atoms. The second-order valence-electron chi connectivity index (χ2n) is 6.73. The molecule has 2 heterocycles.